The van der Waals surface area contributed by atoms with Gasteiger partial charge in [0.2, 0.25) is 0 Å². The van der Waals surface area contributed by atoms with Crippen LogP contribution in [0.5, 0.6) is 0 Å². The smallest absolute Gasteiger partial charge is 0.383 e. The van der Waals surface area contributed by atoms with Crippen molar-refractivity contribution >= 4 is 11.4 Å². The number of rotatable bonds is 7. The maximum absolute atomic E-state index is 12.8. The zero-order valence-electron chi connectivity index (χ0n) is 11.0. The normalized spacial score (nSPS) is 11.4. The highest BCUT2D eigenvalue weighted by atomic mass is 19.4. The number of benzene rings is 1. The molecule has 0 radical (unpaired) electrons. The van der Waals surface area contributed by atoms with Crippen molar-refractivity contribution in [2.24, 2.45) is 0 Å². The van der Waals surface area contributed by atoms with Crippen LogP contribution in [0.15, 0.2) is 18.2 Å². The lowest BCUT2D eigenvalue weighted by molar-refractivity contribution is -0.385. The summed E-state index contributed by atoms with van der Waals surface area (Å²) in [7, 11) is 0. The number of nitro benzene ring substituents is 1. The summed E-state index contributed by atoms with van der Waals surface area (Å²) in [6.07, 6.45) is -3.70. The minimum atomic E-state index is -4.63. The Morgan fingerprint density at radius 3 is 2.50 bits per heavy atom. The van der Waals surface area contributed by atoms with Gasteiger partial charge in [-0.1, -0.05) is 6.92 Å². The third-order valence-corrected chi connectivity index (χ3v) is 2.56. The molecule has 5 nitrogen and oxygen atoms in total. The standard InChI is InChI=1S/C12H16F3N3O2/c1-2-5-16-6-7-17-11-4-3-9(18(19)20)8-10(11)12(13,14)15/h3-4,8,16-17H,2,5-7H2,1H3. The van der Waals surface area contributed by atoms with E-state index in [0.717, 1.165) is 25.1 Å². The summed E-state index contributed by atoms with van der Waals surface area (Å²) in [5.41, 5.74) is -1.75. The van der Waals surface area contributed by atoms with Gasteiger partial charge in [-0.3, -0.25) is 10.1 Å². The average molecular weight is 291 g/mol. The largest absolute Gasteiger partial charge is 0.418 e. The molecule has 0 aliphatic rings. The van der Waals surface area contributed by atoms with E-state index in [1.54, 1.807) is 0 Å². The molecule has 0 atom stereocenters. The van der Waals surface area contributed by atoms with Crippen molar-refractivity contribution < 1.29 is 18.1 Å². The molecular formula is C12H16F3N3O2. The molecule has 2 N–H and O–H groups in total. The van der Waals surface area contributed by atoms with Gasteiger partial charge in [0.15, 0.2) is 0 Å². The molecule has 0 aromatic heterocycles. The van der Waals surface area contributed by atoms with Gasteiger partial charge >= 0.3 is 6.18 Å². The summed E-state index contributed by atoms with van der Waals surface area (Å²) in [5, 5.41) is 16.2. The van der Waals surface area contributed by atoms with Gasteiger partial charge in [-0.25, -0.2) is 0 Å². The van der Waals surface area contributed by atoms with Crippen molar-refractivity contribution in [2.45, 2.75) is 19.5 Å². The van der Waals surface area contributed by atoms with Crippen LogP contribution < -0.4 is 10.6 Å². The Labute approximate surface area is 114 Å². The van der Waals surface area contributed by atoms with Crippen LogP contribution in [-0.4, -0.2) is 24.6 Å². The van der Waals surface area contributed by atoms with Crippen molar-refractivity contribution in [1.29, 1.82) is 0 Å². The summed E-state index contributed by atoms with van der Waals surface area (Å²) in [4.78, 5) is 9.69. The van der Waals surface area contributed by atoms with Gasteiger partial charge in [0.25, 0.3) is 5.69 Å². The predicted octanol–water partition coefficient (Wildman–Crippen LogP) is 3.03. The highest BCUT2D eigenvalue weighted by molar-refractivity contribution is 5.57. The van der Waals surface area contributed by atoms with Crippen LogP contribution in [-0.2, 0) is 6.18 Å². The second-order valence-corrected chi connectivity index (χ2v) is 4.16. The van der Waals surface area contributed by atoms with E-state index >= 15 is 0 Å². The molecule has 0 saturated heterocycles. The first-order valence-corrected chi connectivity index (χ1v) is 6.16. The van der Waals surface area contributed by atoms with Gasteiger partial charge < -0.3 is 10.6 Å². The number of hydrogen-bond acceptors (Lipinski definition) is 4. The number of nitrogens with zero attached hydrogens (tertiary/aromatic N) is 1. The van der Waals surface area contributed by atoms with E-state index < -0.39 is 22.4 Å². The second-order valence-electron chi connectivity index (χ2n) is 4.16. The summed E-state index contributed by atoms with van der Waals surface area (Å²) in [5.74, 6) is 0. The Balaban J connectivity index is 2.81. The summed E-state index contributed by atoms with van der Waals surface area (Å²) in [6, 6.07) is 2.68. The van der Waals surface area contributed by atoms with E-state index in [4.69, 9.17) is 0 Å². The molecule has 0 aliphatic heterocycles. The van der Waals surface area contributed by atoms with Crippen LogP contribution in [0.4, 0.5) is 24.5 Å². The van der Waals surface area contributed by atoms with E-state index in [9.17, 15) is 23.3 Å². The van der Waals surface area contributed by atoms with Gasteiger partial charge in [-0.2, -0.15) is 13.2 Å². The Hall–Kier alpha value is -1.83. The maximum atomic E-state index is 12.8. The minimum absolute atomic E-state index is 0.151. The fraction of sp³-hybridized carbons (Fsp3) is 0.500. The molecule has 1 aromatic rings. The quantitative estimate of drug-likeness (QED) is 0.460. The molecule has 0 amide bonds. The lowest BCUT2D eigenvalue weighted by Gasteiger charge is -2.14. The molecule has 0 unspecified atom stereocenters. The molecule has 0 aliphatic carbocycles. The minimum Gasteiger partial charge on any atom is -0.383 e. The predicted molar refractivity (Wildman–Crippen MR) is 69.7 cm³/mol. The summed E-state index contributed by atoms with van der Waals surface area (Å²) >= 11 is 0. The Morgan fingerprint density at radius 1 is 1.25 bits per heavy atom. The van der Waals surface area contributed by atoms with Gasteiger partial charge in [0, 0.05) is 30.9 Å². The zero-order valence-corrected chi connectivity index (χ0v) is 11.0. The van der Waals surface area contributed by atoms with Crippen LogP contribution in [0.2, 0.25) is 0 Å². The van der Waals surface area contributed by atoms with E-state index in [-0.39, 0.29) is 5.69 Å². The summed E-state index contributed by atoms with van der Waals surface area (Å²) in [6.45, 7) is 3.59. The molecule has 8 heteroatoms. The van der Waals surface area contributed by atoms with Crippen LogP contribution in [0.25, 0.3) is 0 Å². The molecule has 0 saturated carbocycles. The fourth-order valence-corrected chi connectivity index (χ4v) is 1.62. The van der Waals surface area contributed by atoms with Crippen LogP contribution in [0, 0.1) is 10.1 Å². The Bertz CT molecular complexity index is 464. The molecule has 0 fully saturated rings. The molecule has 20 heavy (non-hydrogen) atoms. The van der Waals surface area contributed by atoms with Gasteiger partial charge in [-0.15, -0.1) is 0 Å². The lowest BCUT2D eigenvalue weighted by Crippen LogP contribution is -2.23. The van der Waals surface area contributed by atoms with Crippen molar-refractivity contribution in [3.63, 3.8) is 0 Å². The molecule has 0 heterocycles. The van der Waals surface area contributed by atoms with Crippen molar-refractivity contribution in [2.75, 3.05) is 25.0 Å². The first-order chi connectivity index (χ1) is 9.36. The van der Waals surface area contributed by atoms with Crippen LogP contribution >= 0.6 is 0 Å². The van der Waals surface area contributed by atoms with Gasteiger partial charge in [0.05, 0.1) is 10.5 Å². The number of anilines is 1. The molecule has 0 bridgehead atoms. The number of nitrogens with one attached hydrogen (secondary N) is 2. The van der Waals surface area contributed by atoms with Crippen LogP contribution in [0.3, 0.4) is 0 Å². The fourth-order valence-electron chi connectivity index (χ4n) is 1.62. The molecule has 0 spiro atoms. The molecule has 112 valence electrons. The van der Waals surface area contributed by atoms with Gasteiger partial charge in [-0.05, 0) is 19.0 Å². The van der Waals surface area contributed by atoms with Crippen molar-refractivity contribution in [3.8, 4) is 0 Å². The molecular weight excluding hydrogens is 275 g/mol. The second kappa shape index (κ2) is 7.09. The van der Waals surface area contributed by atoms with Crippen molar-refractivity contribution in [1.82, 2.24) is 5.32 Å². The number of non-ortho nitro benzene ring substituents is 1. The first kappa shape index (κ1) is 16.2. The number of nitro groups is 1. The average Bonchev–Trinajstić information content (AvgIpc) is 2.37. The van der Waals surface area contributed by atoms with E-state index in [2.05, 4.69) is 10.6 Å². The molecule has 1 rings (SSSR count). The Kier molecular flexibility index (Phi) is 5.75. The lowest BCUT2D eigenvalue weighted by atomic mass is 10.1. The number of halogens is 3. The maximum Gasteiger partial charge on any atom is 0.418 e. The molecule has 1 aromatic carbocycles. The Morgan fingerprint density at radius 2 is 1.95 bits per heavy atom. The zero-order chi connectivity index (χ0) is 15.2. The monoisotopic (exact) mass is 291 g/mol. The number of alkyl halides is 3. The third-order valence-electron chi connectivity index (χ3n) is 2.56. The van der Waals surface area contributed by atoms with E-state index in [1.165, 1.54) is 0 Å². The topological polar surface area (TPSA) is 67.2 Å². The SMILES string of the molecule is CCCNCCNc1ccc([N+](=O)[O-])cc1C(F)(F)F. The summed E-state index contributed by atoms with van der Waals surface area (Å²) < 4.78 is 38.5. The highest BCUT2D eigenvalue weighted by Gasteiger charge is 2.35. The van der Waals surface area contributed by atoms with Crippen molar-refractivity contribution in [3.05, 3.63) is 33.9 Å². The number of hydrogen-bond donors (Lipinski definition) is 2. The van der Waals surface area contributed by atoms with E-state index in [1.807, 2.05) is 6.92 Å². The first-order valence-electron chi connectivity index (χ1n) is 6.16. The van der Waals surface area contributed by atoms with E-state index in [0.29, 0.717) is 19.2 Å². The third kappa shape index (κ3) is 4.69. The highest BCUT2D eigenvalue weighted by Crippen LogP contribution is 2.36. The van der Waals surface area contributed by atoms with Crippen LogP contribution in [0.1, 0.15) is 18.9 Å². The van der Waals surface area contributed by atoms with Gasteiger partial charge in [0.1, 0.15) is 0 Å².